The molecular formula is C6H5NO3. The summed E-state index contributed by atoms with van der Waals surface area (Å²) in [6.07, 6.45) is 0. The first kappa shape index (κ1) is 6.54. The van der Waals surface area contributed by atoms with Crippen LogP contribution in [0.5, 0.6) is 0 Å². The molecule has 52 valence electrons. The van der Waals surface area contributed by atoms with E-state index < -0.39 is 11.4 Å². The normalized spacial score (nSPS) is 9.60. The van der Waals surface area contributed by atoms with Crippen LogP contribution in [0.4, 0.5) is 0 Å². The standard InChI is InChI=1S/C6H5NO3/c1-3-4(2)7-6(9)10-5(3)8/h1-2H2,(H,7,9). The van der Waals surface area contributed by atoms with Crippen LogP contribution in [0.3, 0.4) is 0 Å². The second kappa shape index (κ2) is 1.98. The molecule has 0 spiro atoms. The van der Waals surface area contributed by atoms with Gasteiger partial charge in [-0.1, -0.05) is 13.2 Å². The number of rotatable bonds is 0. The monoisotopic (exact) mass is 139 g/mol. The molecule has 0 aliphatic rings. The molecule has 10 heavy (non-hydrogen) atoms. The molecular weight excluding hydrogens is 134 g/mol. The fraction of sp³-hybridized carbons (Fsp3) is 0. The molecule has 0 unspecified atom stereocenters. The van der Waals surface area contributed by atoms with Crippen LogP contribution < -0.4 is 21.9 Å². The predicted octanol–water partition coefficient (Wildman–Crippen LogP) is -1.85. The van der Waals surface area contributed by atoms with Crippen molar-refractivity contribution < 1.29 is 4.42 Å². The molecule has 0 amide bonds. The van der Waals surface area contributed by atoms with E-state index in [1.54, 1.807) is 0 Å². The highest BCUT2D eigenvalue weighted by Crippen LogP contribution is 1.39. The van der Waals surface area contributed by atoms with Gasteiger partial charge in [0, 0.05) is 0 Å². The van der Waals surface area contributed by atoms with E-state index in [9.17, 15) is 9.59 Å². The maximum Gasteiger partial charge on any atom is 0.419 e. The van der Waals surface area contributed by atoms with Crippen LogP contribution in [0.25, 0.3) is 13.2 Å². The highest BCUT2D eigenvalue weighted by molar-refractivity contribution is 5.04. The highest BCUT2D eigenvalue weighted by Gasteiger charge is 1.90. The molecule has 0 radical (unpaired) electrons. The molecule has 0 aliphatic heterocycles. The molecule has 4 heteroatoms. The molecule has 0 bridgehead atoms. The quantitative estimate of drug-likeness (QED) is 0.459. The molecule has 0 fully saturated rings. The van der Waals surface area contributed by atoms with Gasteiger partial charge >= 0.3 is 11.4 Å². The third-order valence-electron chi connectivity index (χ3n) is 1.05. The Balaban J connectivity index is 3.99. The minimum absolute atomic E-state index is 0.0830. The fourth-order valence-corrected chi connectivity index (χ4v) is 0.493. The Hall–Kier alpha value is -1.58. The van der Waals surface area contributed by atoms with Gasteiger partial charge in [-0.05, 0) is 0 Å². The molecule has 1 rings (SSSR count). The maximum absolute atomic E-state index is 10.6. The van der Waals surface area contributed by atoms with Gasteiger partial charge in [0.2, 0.25) is 0 Å². The lowest BCUT2D eigenvalue weighted by Crippen LogP contribution is -2.43. The van der Waals surface area contributed by atoms with Crippen molar-refractivity contribution in [3.63, 3.8) is 0 Å². The van der Waals surface area contributed by atoms with Crippen molar-refractivity contribution >= 4 is 13.2 Å². The second-order valence-electron chi connectivity index (χ2n) is 1.76. The SMILES string of the molecule is C=c1[nH]c(=O)oc(=O)c1=C. The molecule has 1 aromatic rings. The highest BCUT2D eigenvalue weighted by atomic mass is 16.4. The maximum atomic E-state index is 10.6. The minimum atomic E-state index is -0.803. The van der Waals surface area contributed by atoms with E-state index in [4.69, 9.17) is 0 Å². The summed E-state index contributed by atoms with van der Waals surface area (Å²) in [7, 11) is 0. The first-order valence-electron chi connectivity index (χ1n) is 2.52. The molecule has 0 saturated heterocycles. The molecule has 0 aromatic carbocycles. The van der Waals surface area contributed by atoms with Gasteiger partial charge in [0.15, 0.2) is 0 Å². The average molecular weight is 139 g/mol. The number of H-pyrrole nitrogens is 1. The van der Waals surface area contributed by atoms with Crippen molar-refractivity contribution in [2.45, 2.75) is 0 Å². The molecule has 1 N–H and O–H groups in total. The fourth-order valence-electron chi connectivity index (χ4n) is 0.493. The van der Waals surface area contributed by atoms with E-state index in [1.165, 1.54) is 0 Å². The topological polar surface area (TPSA) is 63.1 Å². The number of hydrogen-bond donors (Lipinski definition) is 1. The molecule has 1 heterocycles. The van der Waals surface area contributed by atoms with Crippen LogP contribution in [-0.2, 0) is 0 Å². The lowest BCUT2D eigenvalue weighted by atomic mass is 10.5. The minimum Gasteiger partial charge on any atom is -0.372 e. The third kappa shape index (κ3) is 0.907. The average Bonchev–Trinajstić information content (AvgIpc) is 1.82. The Labute approximate surface area is 55.1 Å². The molecule has 1 aromatic heterocycles. The van der Waals surface area contributed by atoms with E-state index >= 15 is 0 Å². The zero-order valence-electron chi connectivity index (χ0n) is 5.14. The summed E-state index contributed by atoms with van der Waals surface area (Å²) in [6.45, 7) is 6.69. The van der Waals surface area contributed by atoms with Crippen molar-refractivity contribution in [1.29, 1.82) is 0 Å². The van der Waals surface area contributed by atoms with Gasteiger partial charge in [0.25, 0.3) is 0 Å². The molecule has 0 atom stereocenters. The zero-order chi connectivity index (χ0) is 7.72. The van der Waals surface area contributed by atoms with E-state index in [0.29, 0.717) is 0 Å². The van der Waals surface area contributed by atoms with Crippen molar-refractivity contribution in [2.24, 2.45) is 0 Å². The summed E-state index contributed by atoms with van der Waals surface area (Å²) in [6, 6.07) is 0. The van der Waals surface area contributed by atoms with E-state index in [0.717, 1.165) is 0 Å². The van der Waals surface area contributed by atoms with Gasteiger partial charge in [-0.15, -0.1) is 0 Å². The van der Waals surface area contributed by atoms with Crippen LogP contribution >= 0.6 is 0 Å². The smallest absolute Gasteiger partial charge is 0.372 e. The molecule has 4 nitrogen and oxygen atoms in total. The van der Waals surface area contributed by atoms with Crippen molar-refractivity contribution in [2.75, 3.05) is 0 Å². The second-order valence-corrected chi connectivity index (χ2v) is 1.76. The first-order valence-corrected chi connectivity index (χ1v) is 2.52. The predicted molar refractivity (Wildman–Crippen MR) is 35.9 cm³/mol. The Morgan fingerprint density at radius 1 is 1.30 bits per heavy atom. The molecule has 0 aliphatic carbocycles. The summed E-state index contributed by atoms with van der Waals surface area (Å²) in [5, 5.41) is 0.279. The van der Waals surface area contributed by atoms with Crippen molar-refractivity contribution in [3.05, 3.63) is 31.5 Å². The Kier molecular flexibility index (Phi) is 1.30. The third-order valence-corrected chi connectivity index (χ3v) is 1.05. The number of hydrogen-bond acceptors (Lipinski definition) is 3. The lowest BCUT2D eigenvalue weighted by molar-refractivity contribution is 0.441. The summed E-state index contributed by atoms with van der Waals surface area (Å²) < 4.78 is 4.12. The van der Waals surface area contributed by atoms with Gasteiger partial charge in [0.05, 0.1) is 10.6 Å². The number of nitrogens with one attached hydrogen (secondary N) is 1. The zero-order valence-corrected chi connectivity index (χ0v) is 5.14. The molecule has 0 saturated carbocycles. The number of aromatic nitrogens is 1. The van der Waals surface area contributed by atoms with Gasteiger partial charge in [-0.2, -0.15) is 0 Å². The summed E-state index contributed by atoms with van der Waals surface area (Å²) in [5.74, 6) is -0.803. The van der Waals surface area contributed by atoms with Gasteiger partial charge < -0.3 is 4.42 Å². The largest absolute Gasteiger partial charge is 0.419 e. The summed E-state index contributed by atoms with van der Waals surface area (Å²) in [5.41, 5.74) is -0.742. The van der Waals surface area contributed by atoms with Crippen LogP contribution in [0.15, 0.2) is 14.0 Å². The van der Waals surface area contributed by atoms with Gasteiger partial charge in [-0.25, -0.2) is 9.59 Å². The van der Waals surface area contributed by atoms with Crippen molar-refractivity contribution in [3.8, 4) is 0 Å². The first-order chi connectivity index (χ1) is 4.61. The van der Waals surface area contributed by atoms with Crippen LogP contribution in [0.1, 0.15) is 0 Å². The lowest BCUT2D eigenvalue weighted by Gasteiger charge is -1.81. The van der Waals surface area contributed by atoms with Gasteiger partial charge in [-0.3, -0.25) is 4.98 Å². The summed E-state index contributed by atoms with van der Waals surface area (Å²) >= 11 is 0. The van der Waals surface area contributed by atoms with Crippen molar-refractivity contribution in [1.82, 2.24) is 4.98 Å². The summed E-state index contributed by atoms with van der Waals surface area (Å²) in [4.78, 5) is 23.1. The van der Waals surface area contributed by atoms with Crippen LogP contribution in [-0.4, -0.2) is 4.98 Å². The Morgan fingerprint density at radius 2 is 1.90 bits per heavy atom. The van der Waals surface area contributed by atoms with E-state index in [1.807, 2.05) is 0 Å². The van der Waals surface area contributed by atoms with E-state index in [-0.39, 0.29) is 10.6 Å². The van der Waals surface area contributed by atoms with Gasteiger partial charge in [0.1, 0.15) is 0 Å². The Bertz CT molecular complexity index is 402. The number of aromatic amines is 1. The van der Waals surface area contributed by atoms with E-state index in [2.05, 4.69) is 22.6 Å². The van der Waals surface area contributed by atoms with Crippen LogP contribution in [0, 0.1) is 0 Å². The van der Waals surface area contributed by atoms with Crippen LogP contribution in [0.2, 0.25) is 0 Å². The Morgan fingerprint density at radius 3 is 2.40 bits per heavy atom.